The summed E-state index contributed by atoms with van der Waals surface area (Å²) in [4.78, 5) is 40.3. The van der Waals surface area contributed by atoms with E-state index in [2.05, 4.69) is 0 Å². The topological polar surface area (TPSA) is 82.1 Å². The fourth-order valence-corrected chi connectivity index (χ4v) is 5.22. The first-order valence-electron chi connectivity index (χ1n) is 9.07. The smallest absolute Gasteiger partial charge is 0.356 e. The Morgan fingerprint density at radius 2 is 1.80 bits per heavy atom. The van der Waals surface area contributed by atoms with Crippen molar-refractivity contribution < 1.29 is 28.6 Å². The Morgan fingerprint density at radius 1 is 1.10 bits per heavy atom. The predicted molar refractivity (Wildman–Crippen MR) is 116 cm³/mol. The normalized spacial score (nSPS) is 17.7. The van der Waals surface area contributed by atoms with Crippen LogP contribution in [-0.4, -0.2) is 49.9 Å². The molecule has 0 spiro atoms. The largest absolute Gasteiger partial charge is 0.466 e. The summed E-state index contributed by atoms with van der Waals surface area (Å²) in [6.45, 7) is 1.91. The average Bonchev–Trinajstić information content (AvgIpc) is 2.92. The highest BCUT2D eigenvalue weighted by atomic mass is 32.2. The molecule has 1 aromatic carbocycles. The molecule has 2 aliphatic rings. The molecule has 3 rings (SSSR count). The van der Waals surface area contributed by atoms with Crippen LogP contribution in [-0.2, 0) is 28.6 Å². The van der Waals surface area contributed by atoms with Crippen LogP contribution < -0.4 is 0 Å². The van der Waals surface area contributed by atoms with Gasteiger partial charge in [0.1, 0.15) is 10.6 Å². The second kappa shape index (κ2) is 9.44. The molecule has 0 aromatic heterocycles. The van der Waals surface area contributed by atoms with Crippen LogP contribution in [0.2, 0.25) is 0 Å². The van der Waals surface area contributed by atoms with Gasteiger partial charge in [-0.3, -0.25) is 0 Å². The molecule has 1 unspecified atom stereocenters. The van der Waals surface area contributed by atoms with Crippen molar-refractivity contribution in [1.29, 1.82) is 0 Å². The molecule has 1 aromatic rings. The van der Waals surface area contributed by atoms with Crippen molar-refractivity contribution in [2.75, 3.05) is 27.1 Å². The van der Waals surface area contributed by atoms with Gasteiger partial charge in [-0.15, -0.1) is 11.8 Å². The summed E-state index contributed by atoms with van der Waals surface area (Å²) in [6, 6.07) is 6.71. The van der Waals surface area contributed by atoms with Crippen molar-refractivity contribution in [3.63, 3.8) is 0 Å². The van der Waals surface area contributed by atoms with E-state index in [0.29, 0.717) is 4.24 Å². The van der Waals surface area contributed by atoms with Crippen molar-refractivity contribution in [3.8, 4) is 0 Å². The van der Waals surface area contributed by atoms with Gasteiger partial charge in [0.05, 0.1) is 36.7 Å². The van der Waals surface area contributed by atoms with Gasteiger partial charge in [-0.1, -0.05) is 36.0 Å². The Balaban J connectivity index is 2.36. The van der Waals surface area contributed by atoms with Gasteiger partial charge in [-0.2, -0.15) is 0 Å². The highest BCUT2D eigenvalue weighted by Crippen LogP contribution is 2.50. The molecule has 1 atom stereocenters. The van der Waals surface area contributed by atoms with Gasteiger partial charge in [0.25, 0.3) is 0 Å². The van der Waals surface area contributed by atoms with Gasteiger partial charge >= 0.3 is 17.9 Å². The molecule has 0 saturated carbocycles. The van der Waals surface area contributed by atoms with Crippen molar-refractivity contribution >= 4 is 47.5 Å². The number of carbonyl (C=O) groups excluding carboxylic acids is 3. The molecule has 0 N–H and O–H groups in total. The summed E-state index contributed by atoms with van der Waals surface area (Å²) in [5.74, 6) is -1.89. The van der Waals surface area contributed by atoms with E-state index in [1.165, 1.54) is 26.0 Å². The lowest BCUT2D eigenvalue weighted by atomic mass is 9.90. The second-order valence-electron chi connectivity index (χ2n) is 6.14. The molecule has 2 aliphatic heterocycles. The fourth-order valence-electron chi connectivity index (χ4n) is 3.32. The number of benzene rings is 1. The summed E-state index contributed by atoms with van der Waals surface area (Å²) in [6.07, 6.45) is 5.36. The van der Waals surface area contributed by atoms with Crippen LogP contribution in [0.3, 0.4) is 0 Å². The summed E-state index contributed by atoms with van der Waals surface area (Å²) in [7, 11) is 2.50. The van der Waals surface area contributed by atoms with Crippen LogP contribution >= 0.6 is 23.5 Å². The van der Waals surface area contributed by atoms with Gasteiger partial charge in [0.2, 0.25) is 0 Å². The Bertz CT molecular complexity index is 981. The van der Waals surface area contributed by atoms with Crippen LogP contribution in [0.1, 0.15) is 24.1 Å². The molecule has 0 saturated heterocycles. The number of fused-ring (bicyclic) bond motifs is 3. The monoisotopic (exact) mass is 447 g/mol. The third-order valence-electron chi connectivity index (χ3n) is 4.58. The lowest BCUT2D eigenvalue weighted by Gasteiger charge is -2.35. The lowest BCUT2D eigenvalue weighted by molar-refractivity contribution is -0.141. The summed E-state index contributed by atoms with van der Waals surface area (Å²) >= 11 is 2.29. The maximum atomic E-state index is 12.9. The molecular weight excluding hydrogens is 426 g/mol. The molecule has 30 heavy (non-hydrogen) atoms. The molecule has 2 heterocycles. The summed E-state index contributed by atoms with van der Waals surface area (Å²) in [5, 5.41) is 0. The van der Waals surface area contributed by atoms with Crippen LogP contribution in [0.25, 0.3) is 6.08 Å². The van der Waals surface area contributed by atoms with E-state index in [0.717, 1.165) is 22.9 Å². The molecular formula is C21H21NO6S2. The molecule has 9 heteroatoms. The zero-order chi connectivity index (χ0) is 21.8. The Kier molecular flexibility index (Phi) is 6.94. The number of rotatable bonds is 5. The first kappa shape index (κ1) is 22.0. The van der Waals surface area contributed by atoms with E-state index in [4.69, 9.17) is 14.2 Å². The zero-order valence-electron chi connectivity index (χ0n) is 17.0. The van der Waals surface area contributed by atoms with Crippen LogP contribution in [0.15, 0.2) is 50.9 Å². The highest BCUT2D eigenvalue weighted by Gasteiger charge is 2.43. The Morgan fingerprint density at radius 3 is 2.43 bits per heavy atom. The minimum Gasteiger partial charge on any atom is -0.466 e. The van der Waals surface area contributed by atoms with E-state index in [-0.39, 0.29) is 22.8 Å². The number of carbonyl (C=O) groups is 3. The molecule has 0 aliphatic carbocycles. The van der Waals surface area contributed by atoms with E-state index in [1.54, 1.807) is 24.3 Å². The van der Waals surface area contributed by atoms with E-state index in [1.807, 2.05) is 30.3 Å². The van der Waals surface area contributed by atoms with Crippen molar-refractivity contribution in [3.05, 3.63) is 62.0 Å². The highest BCUT2D eigenvalue weighted by molar-refractivity contribution is 8.24. The number of thioether (sulfide) groups is 2. The number of nitrogens with zero attached hydrogens (tertiary/aromatic N) is 1. The third-order valence-corrected chi connectivity index (χ3v) is 6.86. The van der Waals surface area contributed by atoms with E-state index < -0.39 is 23.9 Å². The molecule has 0 bridgehead atoms. The van der Waals surface area contributed by atoms with E-state index >= 15 is 0 Å². The van der Waals surface area contributed by atoms with E-state index in [9.17, 15) is 14.4 Å². The summed E-state index contributed by atoms with van der Waals surface area (Å²) in [5.41, 5.74) is 1.99. The second-order valence-corrected chi connectivity index (χ2v) is 8.24. The van der Waals surface area contributed by atoms with Crippen LogP contribution in [0, 0.1) is 0 Å². The average molecular weight is 448 g/mol. The number of hydrogen-bond donors (Lipinski definition) is 0. The molecule has 0 radical (unpaired) electrons. The molecule has 0 fully saturated rings. The van der Waals surface area contributed by atoms with Crippen LogP contribution in [0.4, 0.5) is 0 Å². The van der Waals surface area contributed by atoms with Crippen molar-refractivity contribution in [2.45, 2.75) is 13.0 Å². The number of hydrogen-bond acceptors (Lipinski definition) is 9. The first-order chi connectivity index (χ1) is 14.5. The first-order valence-corrected chi connectivity index (χ1v) is 11.1. The van der Waals surface area contributed by atoms with Gasteiger partial charge < -0.3 is 19.1 Å². The Hall–Kier alpha value is -2.65. The van der Waals surface area contributed by atoms with Crippen molar-refractivity contribution in [1.82, 2.24) is 4.90 Å². The maximum absolute atomic E-state index is 12.9. The summed E-state index contributed by atoms with van der Waals surface area (Å²) < 4.78 is 15.8. The molecule has 158 valence electrons. The number of methoxy groups -OCH3 is 2. The minimum absolute atomic E-state index is 0.0769. The maximum Gasteiger partial charge on any atom is 0.356 e. The van der Waals surface area contributed by atoms with Gasteiger partial charge in [-0.25, -0.2) is 14.4 Å². The number of esters is 3. The molecule has 0 amide bonds. The lowest BCUT2D eigenvalue weighted by Crippen LogP contribution is -2.34. The standard InChI is InChI=1S/C21H21NO6S2/c1-5-28-19(24)16-21(29-4)30-17(20(25)27-3)14(18(23)26-2)15-13-9-7-6-8-12(13)10-11-22(15)16/h6-11,15H,5H2,1-4H3. The van der Waals surface area contributed by atoms with Crippen molar-refractivity contribution in [2.24, 2.45) is 0 Å². The molecule has 7 nitrogen and oxygen atoms in total. The Labute approximate surface area is 183 Å². The third kappa shape index (κ3) is 3.87. The quantitative estimate of drug-likeness (QED) is 0.498. The number of ether oxygens (including phenoxy) is 3. The van der Waals surface area contributed by atoms with Gasteiger partial charge in [0, 0.05) is 6.20 Å². The van der Waals surface area contributed by atoms with Gasteiger partial charge in [0.15, 0.2) is 0 Å². The zero-order valence-corrected chi connectivity index (χ0v) is 18.6. The SMILES string of the molecule is CCOC(=O)C1=C(SC)SC(C(=O)OC)=C(C(=O)OC)C2c3ccccc3C=CN12. The van der Waals surface area contributed by atoms with Gasteiger partial charge in [-0.05, 0) is 30.4 Å². The van der Waals surface area contributed by atoms with Crippen LogP contribution in [0.5, 0.6) is 0 Å². The minimum atomic E-state index is -0.760. The predicted octanol–water partition coefficient (Wildman–Crippen LogP) is 3.46. The fraction of sp³-hybridized carbons (Fsp3) is 0.286.